The lowest BCUT2D eigenvalue weighted by Gasteiger charge is -2.31. The lowest BCUT2D eigenvalue weighted by atomic mass is 10.1. The summed E-state index contributed by atoms with van der Waals surface area (Å²) in [6.45, 7) is 3.95. The van der Waals surface area contributed by atoms with E-state index in [1.54, 1.807) is 13.4 Å². The van der Waals surface area contributed by atoms with Crippen LogP contribution < -0.4 is 5.32 Å². The molecule has 4 nitrogen and oxygen atoms in total. The Morgan fingerprint density at radius 2 is 2.47 bits per heavy atom. The molecule has 0 saturated carbocycles. The Labute approximate surface area is 103 Å². The van der Waals surface area contributed by atoms with Crippen molar-refractivity contribution in [2.75, 3.05) is 27.2 Å². The summed E-state index contributed by atoms with van der Waals surface area (Å²) in [7, 11) is 3.74. The number of nitrogens with one attached hydrogen (secondary N) is 1. The predicted octanol–water partition coefficient (Wildman–Crippen LogP) is 1.61. The molecule has 1 saturated heterocycles. The normalized spacial score (nSPS) is 21.9. The second-order valence-electron chi connectivity index (χ2n) is 4.63. The van der Waals surface area contributed by atoms with Crippen molar-refractivity contribution in [3.05, 3.63) is 23.7 Å². The number of rotatable bonds is 5. The molecule has 0 radical (unpaired) electrons. The maximum absolute atomic E-state index is 5.48. The van der Waals surface area contributed by atoms with Crippen LogP contribution in [0.3, 0.4) is 0 Å². The fourth-order valence-corrected chi connectivity index (χ4v) is 2.41. The summed E-state index contributed by atoms with van der Waals surface area (Å²) in [6.07, 6.45) is 4.57. The fraction of sp³-hybridized carbons (Fsp3) is 0.692. The molecule has 96 valence electrons. The number of piperidine rings is 1. The molecule has 1 N–H and O–H groups in total. The summed E-state index contributed by atoms with van der Waals surface area (Å²) in [5.74, 6) is 1.05. The average molecular weight is 238 g/mol. The Balaban J connectivity index is 1.93. The molecule has 0 spiro atoms. The smallest absolute Gasteiger partial charge is 0.122 e. The number of methoxy groups -OCH3 is 1. The van der Waals surface area contributed by atoms with Crippen molar-refractivity contribution in [2.24, 2.45) is 0 Å². The molecule has 1 aromatic heterocycles. The van der Waals surface area contributed by atoms with Crippen LogP contribution >= 0.6 is 0 Å². The minimum atomic E-state index is 0.392. The molecule has 1 aliphatic rings. The van der Waals surface area contributed by atoms with Gasteiger partial charge < -0.3 is 14.5 Å². The van der Waals surface area contributed by atoms with Gasteiger partial charge in [-0.1, -0.05) is 0 Å². The molecule has 1 aromatic rings. The highest BCUT2D eigenvalue weighted by Gasteiger charge is 2.20. The standard InChI is InChI=1S/C13H22N2O2/c1-14-8-13-11(5-7-17-13)9-15-6-3-4-12(10-15)16-2/h5,7,12,14H,3-4,6,8-10H2,1-2H3. The number of likely N-dealkylation sites (tertiary alicyclic amines) is 1. The van der Waals surface area contributed by atoms with E-state index < -0.39 is 0 Å². The van der Waals surface area contributed by atoms with E-state index in [2.05, 4.69) is 16.3 Å². The molecule has 4 heteroatoms. The van der Waals surface area contributed by atoms with Crippen LogP contribution in [0.4, 0.5) is 0 Å². The second kappa shape index (κ2) is 6.19. The summed E-state index contributed by atoms with van der Waals surface area (Å²) >= 11 is 0. The van der Waals surface area contributed by atoms with Gasteiger partial charge in [0.25, 0.3) is 0 Å². The van der Waals surface area contributed by atoms with Crippen LogP contribution in [0.25, 0.3) is 0 Å². The third-order valence-corrected chi connectivity index (χ3v) is 3.36. The van der Waals surface area contributed by atoms with Crippen LogP contribution in [-0.4, -0.2) is 38.3 Å². The van der Waals surface area contributed by atoms with Crippen molar-refractivity contribution >= 4 is 0 Å². The molecule has 0 aliphatic carbocycles. The van der Waals surface area contributed by atoms with Crippen molar-refractivity contribution in [1.29, 1.82) is 0 Å². The third kappa shape index (κ3) is 3.31. The first kappa shape index (κ1) is 12.6. The fourth-order valence-electron chi connectivity index (χ4n) is 2.41. The molecular formula is C13H22N2O2. The number of hydrogen-bond donors (Lipinski definition) is 1. The van der Waals surface area contributed by atoms with E-state index in [0.29, 0.717) is 6.10 Å². The Hall–Kier alpha value is -0.840. The van der Waals surface area contributed by atoms with E-state index in [4.69, 9.17) is 9.15 Å². The Kier molecular flexibility index (Phi) is 4.59. The Morgan fingerprint density at radius 1 is 1.59 bits per heavy atom. The van der Waals surface area contributed by atoms with Crippen LogP contribution in [0, 0.1) is 0 Å². The summed E-state index contributed by atoms with van der Waals surface area (Å²) in [6, 6.07) is 2.07. The average Bonchev–Trinajstić information content (AvgIpc) is 2.78. The largest absolute Gasteiger partial charge is 0.468 e. The van der Waals surface area contributed by atoms with Gasteiger partial charge in [-0.2, -0.15) is 0 Å². The summed E-state index contributed by atoms with van der Waals surface area (Å²) in [5, 5.41) is 3.13. The van der Waals surface area contributed by atoms with E-state index in [0.717, 1.165) is 31.9 Å². The van der Waals surface area contributed by atoms with Crippen molar-refractivity contribution < 1.29 is 9.15 Å². The topological polar surface area (TPSA) is 37.6 Å². The molecule has 1 fully saturated rings. The predicted molar refractivity (Wildman–Crippen MR) is 66.8 cm³/mol. The number of furan rings is 1. The molecule has 0 bridgehead atoms. The molecule has 2 rings (SSSR count). The zero-order valence-electron chi connectivity index (χ0n) is 10.7. The highest BCUT2D eigenvalue weighted by Crippen LogP contribution is 2.18. The van der Waals surface area contributed by atoms with Gasteiger partial charge in [-0.3, -0.25) is 4.90 Å². The van der Waals surface area contributed by atoms with Crippen LogP contribution in [0.2, 0.25) is 0 Å². The molecule has 1 aliphatic heterocycles. The quantitative estimate of drug-likeness (QED) is 0.845. The van der Waals surface area contributed by atoms with Gasteiger partial charge in [0.1, 0.15) is 5.76 Å². The van der Waals surface area contributed by atoms with E-state index in [1.165, 1.54) is 18.4 Å². The van der Waals surface area contributed by atoms with E-state index in [9.17, 15) is 0 Å². The van der Waals surface area contributed by atoms with Gasteiger partial charge >= 0.3 is 0 Å². The third-order valence-electron chi connectivity index (χ3n) is 3.36. The zero-order valence-corrected chi connectivity index (χ0v) is 10.7. The SMILES string of the molecule is CNCc1occc1CN1CCCC(OC)C1. The first-order chi connectivity index (χ1) is 8.33. The van der Waals surface area contributed by atoms with Crippen LogP contribution in [-0.2, 0) is 17.8 Å². The Bertz CT molecular complexity index is 338. The highest BCUT2D eigenvalue weighted by molar-refractivity contribution is 5.16. The van der Waals surface area contributed by atoms with Crippen LogP contribution in [0.15, 0.2) is 16.7 Å². The van der Waals surface area contributed by atoms with Gasteiger partial charge in [0.2, 0.25) is 0 Å². The van der Waals surface area contributed by atoms with Crippen molar-refractivity contribution in [1.82, 2.24) is 10.2 Å². The van der Waals surface area contributed by atoms with E-state index in [-0.39, 0.29) is 0 Å². The van der Waals surface area contributed by atoms with E-state index >= 15 is 0 Å². The van der Waals surface area contributed by atoms with Crippen molar-refractivity contribution in [3.8, 4) is 0 Å². The van der Waals surface area contributed by atoms with Gasteiger partial charge in [0.15, 0.2) is 0 Å². The molecule has 1 atom stereocenters. The first-order valence-corrected chi connectivity index (χ1v) is 6.28. The van der Waals surface area contributed by atoms with Crippen molar-refractivity contribution in [2.45, 2.75) is 32.0 Å². The van der Waals surface area contributed by atoms with Gasteiger partial charge in [0.05, 0.1) is 18.9 Å². The molecule has 0 aromatic carbocycles. The molecule has 1 unspecified atom stereocenters. The van der Waals surface area contributed by atoms with Crippen LogP contribution in [0.5, 0.6) is 0 Å². The summed E-state index contributed by atoms with van der Waals surface area (Å²) in [5.41, 5.74) is 1.29. The maximum Gasteiger partial charge on any atom is 0.122 e. The molecule has 0 amide bonds. The summed E-state index contributed by atoms with van der Waals surface area (Å²) < 4.78 is 10.9. The minimum Gasteiger partial charge on any atom is -0.468 e. The lowest BCUT2D eigenvalue weighted by molar-refractivity contribution is 0.0283. The minimum absolute atomic E-state index is 0.392. The van der Waals surface area contributed by atoms with Crippen molar-refractivity contribution in [3.63, 3.8) is 0 Å². The number of nitrogens with zero attached hydrogens (tertiary/aromatic N) is 1. The molecule has 17 heavy (non-hydrogen) atoms. The molecule has 2 heterocycles. The zero-order chi connectivity index (χ0) is 12.1. The highest BCUT2D eigenvalue weighted by atomic mass is 16.5. The van der Waals surface area contributed by atoms with Crippen LogP contribution in [0.1, 0.15) is 24.2 Å². The second-order valence-corrected chi connectivity index (χ2v) is 4.63. The molecular weight excluding hydrogens is 216 g/mol. The van der Waals surface area contributed by atoms with Gasteiger partial charge in [0, 0.05) is 25.8 Å². The van der Waals surface area contributed by atoms with Gasteiger partial charge in [-0.15, -0.1) is 0 Å². The number of hydrogen-bond acceptors (Lipinski definition) is 4. The maximum atomic E-state index is 5.48. The Morgan fingerprint density at radius 3 is 3.24 bits per heavy atom. The monoisotopic (exact) mass is 238 g/mol. The first-order valence-electron chi connectivity index (χ1n) is 6.28. The van der Waals surface area contributed by atoms with Gasteiger partial charge in [-0.05, 0) is 32.5 Å². The van der Waals surface area contributed by atoms with E-state index in [1.807, 2.05) is 7.05 Å². The lowest BCUT2D eigenvalue weighted by Crippen LogP contribution is -2.38. The summed E-state index contributed by atoms with van der Waals surface area (Å²) in [4.78, 5) is 2.45. The van der Waals surface area contributed by atoms with Gasteiger partial charge in [-0.25, -0.2) is 0 Å². The number of ether oxygens (including phenoxy) is 1.